The molecular formula is C23H19F3O4. The molecule has 0 bridgehead atoms. The maximum Gasteiger partial charge on any atom is 0.416 e. The van der Waals surface area contributed by atoms with Gasteiger partial charge in [0.1, 0.15) is 0 Å². The molecule has 2 N–H and O–H groups in total. The third-order valence-corrected chi connectivity index (χ3v) is 4.84. The van der Waals surface area contributed by atoms with Crippen molar-refractivity contribution >= 4 is 6.29 Å². The number of carbonyl (C=O) groups is 1. The van der Waals surface area contributed by atoms with E-state index in [0.29, 0.717) is 23.0 Å². The molecule has 3 aromatic carbocycles. The molecule has 0 radical (unpaired) electrons. The summed E-state index contributed by atoms with van der Waals surface area (Å²) in [5.41, 5.74) is 0.764. The van der Waals surface area contributed by atoms with Gasteiger partial charge in [-0.3, -0.25) is 4.79 Å². The van der Waals surface area contributed by atoms with Gasteiger partial charge in [0.05, 0.1) is 24.3 Å². The summed E-state index contributed by atoms with van der Waals surface area (Å²) in [5.74, 6) is -1.02. The molecular weight excluding hydrogens is 397 g/mol. The van der Waals surface area contributed by atoms with E-state index in [-0.39, 0.29) is 29.9 Å². The predicted molar refractivity (Wildman–Crippen MR) is 105 cm³/mol. The van der Waals surface area contributed by atoms with E-state index >= 15 is 0 Å². The minimum absolute atomic E-state index is 0.0429. The van der Waals surface area contributed by atoms with Gasteiger partial charge in [-0.05, 0) is 29.7 Å². The van der Waals surface area contributed by atoms with Crippen LogP contribution in [-0.2, 0) is 24.1 Å². The average Bonchev–Trinajstić information content (AvgIpc) is 2.73. The number of aldehydes is 1. The molecule has 3 rings (SSSR count). The van der Waals surface area contributed by atoms with Crippen LogP contribution in [0.1, 0.15) is 32.6 Å². The van der Waals surface area contributed by atoms with Crippen LogP contribution < -0.4 is 0 Å². The van der Waals surface area contributed by atoms with Crippen molar-refractivity contribution in [2.75, 3.05) is 0 Å². The van der Waals surface area contributed by atoms with E-state index in [1.165, 1.54) is 18.2 Å². The molecule has 0 saturated carbocycles. The number of ether oxygens (including phenoxy) is 1. The average molecular weight is 416 g/mol. The van der Waals surface area contributed by atoms with Crippen LogP contribution in [0, 0.1) is 6.92 Å². The maximum absolute atomic E-state index is 13.2. The molecule has 0 aromatic heterocycles. The fourth-order valence-electron chi connectivity index (χ4n) is 3.39. The molecule has 30 heavy (non-hydrogen) atoms. The Hall–Kier alpha value is -3.32. The summed E-state index contributed by atoms with van der Waals surface area (Å²) >= 11 is 0. The number of halogens is 3. The second-order valence-corrected chi connectivity index (χ2v) is 6.72. The van der Waals surface area contributed by atoms with Gasteiger partial charge in [-0.1, -0.05) is 48.5 Å². The van der Waals surface area contributed by atoms with Crippen LogP contribution in [0.2, 0.25) is 0 Å². The normalized spacial score (nSPS) is 11.5. The second kappa shape index (κ2) is 8.59. The van der Waals surface area contributed by atoms with Gasteiger partial charge < -0.3 is 14.9 Å². The van der Waals surface area contributed by atoms with Crippen molar-refractivity contribution in [3.63, 3.8) is 0 Å². The van der Waals surface area contributed by atoms with Crippen LogP contribution >= 0.6 is 0 Å². The lowest BCUT2D eigenvalue weighted by Crippen LogP contribution is -2.10. The van der Waals surface area contributed by atoms with Crippen molar-refractivity contribution in [1.29, 1.82) is 0 Å². The first-order chi connectivity index (χ1) is 14.3. The predicted octanol–water partition coefficient (Wildman–Crippen LogP) is 5.62. The summed E-state index contributed by atoms with van der Waals surface area (Å²) in [6, 6.07) is 13.9. The van der Waals surface area contributed by atoms with Crippen LogP contribution in [0.3, 0.4) is 0 Å². The molecule has 0 heterocycles. The summed E-state index contributed by atoms with van der Waals surface area (Å²) in [5, 5.41) is 20.5. The third-order valence-electron chi connectivity index (χ3n) is 4.84. The summed E-state index contributed by atoms with van der Waals surface area (Å²) in [4.78, 5) is 11.6. The first-order valence-corrected chi connectivity index (χ1v) is 9.06. The zero-order valence-electron chi connectivity index (χ0n) is 16.0. The standard InChI is InChI=1S/C23H19F3O4/c1-14-20(15-7-3-2-4-8-15)18(17(11-27)22(29)21(14)28)13-30-12-16-9-5-6-10-19(16)23(24,25)26/h2-11,28-29H,12-13H2,1H3. The highest BCUT2D eigenvalue weighted by Crippen LogP contribution is 2.42. The Bertz CT molecular complexity index is 1060. The number of aromatic hydroxyl groups is 2. The summed E-state index contributed by atoms with van der Waals surface area (Å²) in [7, 11) is 0. The first-order valence-electron chi connectivity index (χ1n) is 9.06. The number of alkyl halides is 3. The molecule has 0 aliphatic rings. The Morgan fingerprint density at radius 1 is 0.933 bits per heavy atom. The zero-order valence-corrected chi connectivity index (χ0v) is 16.0. The molecule has 0 atom stereocenters. The Morgan fingerprint density at radius 2 is 1.57 bits per heavy atom. The first kappa shape index (κ1) is 21.4. The highest BCUT2D eigenvalue weighted by atomic mass is 19.4. The van der Waals surface area contributed by atoms with E-state index in [1.807, 2.05) is 0 Å². The Kier molecular flexibility index (Phi) is 6.12. The third kappa shape index (κ3) is 4.16. The van der Waals surface area contributed by atoms with Crippen LogP contribution in [-0.4, -0.2) is 16.5 Å². The number of phenols is 2. The van der Waals surface area contributed by atoms with E-state index in [0.717, 1.165) is 6.07 Å². The van der Waals surface area contributed by atoms with Crippen LogP contribution in [0.25, 0.3) is 11.1 Å². The smallest absolute Gasteiger partial charge is 0.416 e. The van der Waals surface area contributed by atoms with Crippen molar-refractivity contribution < 1.29 is 32.9 Å². The molecule has 4 nitrogen and oxygen atoms in total. The number of hydrogen-bond acceptors (Lipinski definition) is 4. The molecule has 0 unspecified atom stereocenters. The van der Waals surface area contributed by atoms with Crippen LogP contribution in [0.4, 0.5) is 13.2 Å². The largest absolute Gasteiger partial charge is 0.504 e. The van der Waals surface area contributed by atoms with Crippen molar-refractivity contribution in [1.82, 2.24) is 0 Å². The van der Waals surface area contributed by atoms with Gasteiger partial charge in [0.2, 0.25) is 0 Å². The summed E-state index contributed by atoms with van der Waals surface area (Å²) < 4.78 is 45.1. The van der Waals surface area contributed by atoms with E-state index in [4.69, 9.17) is 4.74 Å². The van der Waals surface area contributed by atoms with Crippen LogP contribution in [0.15, 0.2) is 54.6 Å². The van der Waals surface area contributed by atoms with Gasteiger partial charge in [-0.25, -0.2) is 0 Å². The molecule has 0 amide bonds. The SMILES string of the molecule is Cc1c(O)c(O)c(C=O)c(COCc2ccccc2C(F)(F)F)c1-c1ccccc1. The number of carbonyl (C=O) groups excluding carboxylic acids is 1. The minimum Gasteiger partial charge on any atom is -0.504 e. The minimum atomic E-state index is -4.52. The summed E-state index contributed by atoms with van der Waals surface area (Å²) in [6.45, 7) is 0.997. The van der Waals surface area contributed by atoms with Crippen LogP contribution in [0.5, 0.6) is 11.5 Å². The highest BCUT2D eigenvalue weighted by Gasteiger charge is 2.33. The number of phenolic OH excluding ortho intramolecular Hbond substituents is 2. The highest BCUT2D eigenvalue weighted by molar-refractivity contribution is 5.90. The fourth-order valence-corrected chi connectivity index (χ4v) is 3.39. The molecule has 0 saturated heterocycles. The van der Waals surface area contributed by atoms with Gasteiger partial charge in [-0.2, -0.15) is 13.2 Å². The molecule has 0 aliphatic carbocycles. The molecule has 0 aliphatic heterocycles. The lowest BCUT2D eigenvalue weighted by atomic mass is 9.90. The number of rotatable bonds is 6. The molecule has 156 valence electrons. The van der Waals surface area contributed by atoms with Gasteiger partial charge >= 0.3 is 6.18 Å². The van der Waals surface area contributed by atoms with E-state index in [9.17, 15) is 28.2 Å². The van der Waals surface area contributed by atoms with E-state index < -0.39 is 23.2 Å². The molecule has 0 fully saturated rings. The quantitative estimate of drug-likeness (QED) is 0.404. The lowest BCUT2D eigenvalue weighted by molar-refractivity contribution is -0.138. The monoisotopic (exact) mass is 416 g/mol. The lowest BCUT2D eigenvalue weighted by Gasteiger charge is -2.19. The van der Waals surface area contributed by atoms with Crippen molar-refractivity contribution in [2.45, 2.75) is 26.3 Å². The zero-order chi connectivity index (χ0) is 21.9. The topological polar surface area (TPSA) is 66.8 Å². The molecule has 7 heteroatoms. The van der Waals surface area contributed by atoms with Gasteiger partial charge in [0.25, 0.3) is 0 Å². The Labute approximate surface area is 171 Å². The van der Waals surface area contributed by atoms with E-state index in [2.05, 4.69) is 0 Å². The van der Waals surface area contributed by atoms with Crippen molar-refractivity contribution in [2.24, 2.45) is 0 Å². The van der Waals surface area contributed by atoms with Gasteiger partial charge in [-0.15, -0.1) is 0 Å². The van der Waals surface area contributed by atoms with Crippen molar-refractivity contribution in [3.05, 3.63) is 82.4 Å². The maximum atomic E-state index is 13.2. The summed E-state index contributed by atoms with van der Waals surface area (Å²) in [6.07, 6.45) is -4.13. The fraction of sp³-hybridized carbons (Fsp3) is 0.174. The number of hydrogen-bond donors (Lipinski definition) is 2. The molecule has 0 spiro atoms. The Balaban J connectivity index is 2.00. The van der Waals surface area contributed by atoms with E-state index in [1.54, 1.807) is 37.3 Å². The van der Waals surface area contributed by atoms with Gasteiger partial charge in [0, 0.05) is 11.1 Å². The Morgan fingerprint density at radius 3 is 2.20 bits per heavy atom. The second-order valence-electron chi connectivity index (χ2n) is 6.72. The molecule has 3 aromatic rings. The number of benzene rings is 3. The van der Waals surface area contributed by atoms with Crippen molar-refractivity contribution in [3.8, 4) is 22.6 Å². The van der Waals surface area contributed by atoms with Gasteiger partial charge in [0.15, 0.2) is 17.8 Å².